The number of amides is 3. The van der Waals surface area contributed by atoms with Gasteiger partial charge in [0.1, 0.15) is 5.88 Å². The fourth-order valence-electron chi connectivity index (χ4n) is 0.871. The number of carbonyl (C=O) groups excluding carboxylic acids is 2. The van der Waals surface area contributed by atoms with Crippen LogP contribution in [0, 0.1) is 6.92 Å². The minimum atomic E-state index is -0.616. The summed E-state index contributed by atoms with van der Waals surface area (Å²) in [6.45, 7) is 1.94. The van der Waals surface area contributed by atoms with E-state index >= 15 is 0 Å². The molecule has 0 aliphatic heterocycles. The number of imide groups is 1. The van der Waals surface area contributed by atoms with Crippen molar-refractivity contribution >= 4 is 23.5 Å². The maximum atomic E-state index is 11.0. The fourth-order valence-corrected chi connectivity index (χ4v) is 0.938. The van der Waals surface area contributed by atoms with Crippen molar-refractivity contribution < 1.29 is 14.1 Å². The van der Waals surface area contributed by atoms with Gasteiger partial charge in [-0.2, -0.15) is 0 Å². The standard InChI is InChI=1S/C8H10ClN3O3/c1-5-2-6(15-12-5)4-10-8(14)11-7(13)3-9/h2H,3-4H2,1H3,(H2,10,11,13,14). The number of hydrogen-bond donors (Lipinski definition) is 2. The summed E-state index contributed by atoms with van der Waals surface area (Å²) in [5, 5.41) is 8.07. The molecule has 15 heavy (non-hydrogen) atoms. The number of aromatic nitrogens is 1. The molecule has 0 aromatic carbocycles. The number of urea groups is 1. The molecule has 0 radical (unpaired) electrons. The summed E-state index contributed by atoms with van der Waals surface area (Å²) < 4.78 is 4.84. The third kappa shape index (κ3) is 3.99. The van der Waals surface area contributed by atoms with E-state index < -0.39 is 11.9 Å². The van der Waals surface area contributed by atoms with E-state index in [-0.39, 0.29) is 12.4 Å². The van der Waals surface area contributed by atoms with Gasteiger partial charge in [0.15, 0.2) is 5.76 Å². The van der Waals surface area contributed by atoms with Crippen molar-refractivity contribution in [3.63, 3.8) is 0 Å². The minimum absolute atomic E-state index is 0.169. The molecule has 0 unspecified atom stereocenters. The van der Waals surface area contributed by atoms with Crippen LogP contribution in [0.4, 0.5) is 4.79 Å². The van der Waals surface area contributed by atoms with Gasteiger partial charge in [-0.1, -0.05) is 5.16 Å². The molecule has 0 saturated heterocycles. The maximum absolute atomic E-state index is 11.0. The van der Waals surface area contributed by atoms with Crippen LogP contribution in [0.3, 0.4) is 0 Å². The van der Waals surface area contributed by atoms with Crippen molar-refractivity contribution in [3.8, 4) is 0 Å². The molecule has 1 aromatic rings. The van der Waals surface area contributed by atoms with E-state index in [0.717, 1.165) is 5.69 Å². The molecule has 1 heterocycles. The summed E-state index contributed by atoms with van der Waals surface area (Å²) in [5.74, 6) is -0.293. The summed E-state index contributed by atoms with van der Waals surface area (Å²) in [6.07, 6.45) is 0. The highest BCUT2D eigenvalue weighted by molar-refractivity contribution is 6.28. The van der Waals surface area contributed by atoms with E-state index in [4.69, 9.17) is 16.1 Å². The Kier molecular flexibility index (Phi) is 4.11. The minimum Gasteiger partial charge on any atom is -0.359 e. The fraction of sp³-hybridized carbons (Fsp3) is 0.375. The van der Waals surface area contributed by atoms with E-state index in [0.29, 0.717) is 5.76 Å². The normalized spacial score (nSPS) is 9.73. The first kappa shape index (κ1) is 11.5. The van der Waals surface area contributed by atoms with Gasteiger partial charge in [0.25, 0.3) is 0 Å². The molecule has 2 N–H and O–H groups in total. The van der Waals surface area contributed by atoms with Crippen LogP contribution in [0.2, 0.25) is 0 Å². The number of hydrogen-bond acceptors (Lipinski definition) is 4. The quantitative estimate of drug-likeness (QED) is 0.744. The number of nitrogens with zero attached hydrogens (tertiary/aromatic N) is 1. The van der Waals surface area contributed by atoms with Crippen LogP contribution in [0.1, 0.15) is 11.5 Å². The monoisotopic (exact) mass is 231 g/mol. The van der Waals surface area contributed by atoms with E-state index in [1.165, 1.54) is 0 Å². The second-order valence-corrected chi connectivity index (χ2v) is 3.07. The van der Waals surface area contributed by atoms with Gasteiger partial charge in [-0.15, -0.1) is 11.6 Å². The molecule has 0 saturated carbocycles. The van der Waals surface area contributed by atoms with Crippen LogP contribution in [0.5, 0.6) is 0 Å². The third-order valence-corrected chi connectivity index (χ3v) is 1.72. The third-order valence-electron chi connectivity index (χ3n) is 1.47. The van der Waals surface area contributed by atoms with Crippen molar-refractivity contribution in [2.45, 2.75) is 13.5 Å². The van der Waals surface area contributed by atoms with Crippen LogP contribution in [0.25, 0.3) is 0 Å². The van der Waals surface area contributed by atoms with Gasteiger partial charge in [-0.3, -0.25) is 10.1 Å². The zero-order valence-electron chi connectivity index (χ0n) is 8.04. The molecule has 0 aliphatic rings. The zero-order chi connectivity index (χ0) is 11.3. The van der Waals surface area contributed by atoms with Gasteiger partial charge in [-0.05, 0) is 6.92 Å². The van der Waals surface area contributed by atoms with E-state index in [9.17, 15) is 9.59 Å². The lowest BCUT2D eigenvalue weighted by Gasteiger charge is -2.02. The molecule has 0 atom stereocenters. The first-order valence-electron chi connectivity index (χ1n) is 4.17. The number of aryl methyl sites for hydroxylation is 1. The molecule has 7 heteroatoms. The van der Waals surface area contributed by atoms with Crippen molar-refractivity contribution in [1.82, 2.24) is 15.8 Å². The van der Waals surface area contributed by atoms with Crippen LogP contribution < -0.4 is 10.6 Å². The topological polar surface area (TPSA) is 84.2 Å². The molecule has 0 spiro atoms. The van der Waals surface area contributed by atoms with Gasteiger partial charge in [-0.25, -0.2) is 4.79 Å². The molecule has 0 aliphatic carbocycles. The maximum Gasteiger partial charge on any atom is 0.321 e. The largest absolute Gasteiger partial charge is 0.359 e. The highest BCUT2D eigenvalue weighted by atomic mass is 35.5. The molecule has 0 bridgehead atoms. The molecule has 6 nitrogen and oxygen atoms in total. The van der Waals surface area contributed by atoms with Crippen molar-refractivity contribution in [2.24, 2.45) is 0 Å². The summed E-state index contributed by atoms with van der Waals surface area (Å²) in [5.41, 5.74) is 0.726. The summed E-state index contributed by atoms with van der Waals surface area (Å²) in [7, 11) is 0. The number of nitrogens with one attached hydrogen (secondary N) is 2. The van der Waals surface area contributed by atoms with E-state index in [1.54, 1.807) is 13.0 Å². The predicted molar refractivity (Wildman–Crippen MR) is 52.3 cm³/mol. The van der Waals surface area contributed by atoms with Crippen LogP contribution >= 0.6 is 11.6 Å². The molecule has 82 valence electrons. The lowest BCUT2D eigenvalue weighted by atomic mass is 10.4. The summed E-state index contributed by atoms with van der Waals surface area (Å²) in [4.78, 5) is 21.7. The van der Waals surface area contributed by atoms with Crippen molar-refractivity contribution in [2.75, 3.05) is 5.88 Å². The van der Waals surface area contributed by atoms with Crippen LogP contribution in [0.15, 0.2) is 10.6 Å². The molecular formula is C8H10ClN3O3. The molecule has 3 amide bonds. The van der Waals surface area contributed by atoms with E-state index in [2.05, 4.69) is 10.5 Å². The highest BCUT2D eigenvalue weighted by Crippen LogP contribution is 2.00. The predicted octanol–water partition coefficient (Wildman–Crippen LogP) is 0.548. The Morgan fingerprint density at radius 3 is 2.87 bits per heavy atom. The number of halogens is 1. The van der Waals surface area contributed by atoms with Gasteiger partial charge < -0.3 is 9.84 Å². The Morgan fingerprint density at radius 2 is 2.33 bits per heavy atom. The average molecular weight is 232 g/mol. The molecule has 1 rings (SSSR count). The van der Waals surface area contributed by atoms with Crippen molar-refractivity contribution in [1.29, 1.82) is 0 Å². The molecule has 1 aromatic heterocycles. The number of carbonyl (C=O) groups is 2. The van der Waals surface area contributed by atoms with Gasteiger partial charge in [0.2, 0.25) is 5.91 Å². The van der Waals surface area contributed by atoms with Gasteiger partial charge in [0.05, 0.1) is 12.2 Å². The van der Waals surface area contributed by atoms with Crippen LogP contribution in [-0.2, 0) is 11.3 Å². The first-order valence-corrected chi connectivity index (χ1v) is 4.71. The van der Waals surface area contributed by atoms with E-state index in [1.807, 2.05) is 5.32 Å². The number of alkyl halides is 1. The Balaban J connectivity index is 2.31. The Bertz CT molecular complexity index is 364. The first-order chi connectivity index (χ1) is 7.11. The summed E-state index contributed by atoms with van der Waals surface area (Å²) >= 11 is 5.20. The number of rotatable bonds is 3. The Labute approximate surface area is 90.9 Å². The average Bonchev–Trinajstić information content (AvgIpc) is 2.61. The lowest BCUT2D eigenvalue weighted by molar-refractivity contribution is -0.117. The Hall–Kier alpha value is -1.56. The lowest BCUT2D eigenvalue weighted by Crippen LogP contribution is -2.39. The van der Waals surface area contributed by atoms with Crippen LogP contribution in [-0.4, -0.2) is 23.0 Å². The molecule has 0 fully saturated rings. The van der Waals surface area contributed by atoms with Crippen molar-refractivity contribution in [3.05, 3.63) is 17.5 Å². The zero-order valence-corrected chi connectivity index (χ0v) is 8.80. The molecular weight excluding hydrogens is 222 g/mol. The second kappa shape index (κ2) is 5.35. The Morgan fingerprint density at radius 1 is 1.60 bits per heavy atom. The van der Waals surface area contributed by atoms with Gasteiger partial charge in [0, 0.05) is 6.07 Å². The smallest absolute Gasteiger partial charge is 0.321 e. The second-order valence-electron chi connectivity index (χ2n) is 2.80. The highest BCUT2D eigenvalue weighted by Gasteiger charge is 2.07. The SMILES string of the molecule is Cc1cc(CNC(=O)NC(=O)CCl)on1. The van der Waals surface area contributed by atoms with Gasteiger partial charge >= 0.3 is 6.03 Å². The summed E-state index contributed by atoms with van der Waals surface area (Å²) in [6, 6.07) is 1.07.